The highest BCUT2D eigenvalue weighted by Crippen LogP contribution is 2.21. The average Bonchev–Trinajstić information content (AvgIpc) is 2.66. The van der Waals surface area contributed by atoms with Gasteiger partial charge in [0.25, 0.3) is 5.91 Å². The second-order valence-corrected chi connectivity index (χ2v) is 9.62. The van der Waals surface area contributed by atoms with Gasteiger partial charge in [-0.1, -0.05) is 37.0 Å². The first kappa shape index (κ1) is 21.9. The Hall–Kier alpha value is -1.38. The van der Waals surface area contributed by atoms with E-state index in [2.05, 4.69) is 15.2 Å². The lowest BCUT2D eigenvalue weighted by molar-refractivity contribution is -0.122. The number of carbonyl (C=O) groups is 1. The lowest BCUT2D eigenvalue weighted by Gasteiger charge is -2.18. The first-order chi connectivity index (χ1) is 12.9. The molecule has 1 aromatic rings. The SMILES string of the molecule is CSCC[C@H](NS(=O)(=O)c1ccc(C)cc1)C(=O)N/N=C/C1CCCCC1. The van der Waals surface area contributed by atoms with E-state index in [1.807, 2.05) is 13.2 Å². The fourth-order valence-corrected chi connectivity index (χ4v) is 4.72. The normalized spacial score (nSPS) is 17.1. The van der Waals surface area contributed by atoms with Crippen LogP contribution in [-0.4, -0.2) is 38.6 Å². The maximum atomic E-state index is 12.6. The Morgan fingerprint density at radius 2 is 1.93 bits per heavy atom. The molecule has 0 aliphatic heterocycles. The summed E-state index contributed by atoms with van der Waals surface area (Å²) in [7, 11) is -3.77. The van der Waals surface area contributed by atoms with Crippen LogP contribution in [0.1, 0.15) is 44.1 Å². The standard InChI is InChI=1S/C19H29N3O3S2/c1-15-8-10-17(11-9-15)27(24,25)22-18(12-13-26-2)19(23)21-20-14-16-6-4-3-5-7-16/h8-11,14,16,18,22H,3-7,12-13H2,1-2H3,(H,21,23)/b20-14+/t18-/m0/s1. The molecule has 1 atom stereocenters. The molecule has 27 heavy (non-hydrogen) atoms. The van der Waals surface area contributed by atoms with Crippen molar-refractivity contribution in [3.05, 3.63) is 29.8 Å². The van der Waals surface area contributed by atoms with Gasteiger partial charge in [0.1, 0.15) is 6.04 Å². The molecule has 1 amide bonds. The Balaban J connectivity index is 2.01. The van der Waals surface area contributed by atoms with Gasteiger partial charge >= 0.3 is 0 Å². The molecule has 2 rings (SSSR count). The summed E-state index contributed by atoms with van der Waals surface area (Å²) in [5.74, 6) is 0.639. The molecule has 0 bridgehead atoms. The Kier molecular flexibility index (Phi) is 8.79. The summed E-state index contributed by atoms with van der Waals surface area (Å²) < 4.78 is 27.7. The smallest absolute Gasteiger partial charge is 0.258 e. The van der Waals surface area contributed by atoms with E-state index in [0.717, 1.165) is 18.4 Å². The maximum absolute atomic E-state index is 12.6. The van der Waals surface area contributed by atoms with Gasteiger partial charge in [0, 0.05) is 6.21 Å². The summed E-state index contributed by atoms with van der Waals surface area (Å²) in [6.45, 7) is 1.89. The van der Waals surface area contributed by atoms with Crippen LogP contribution in [0.2, 0.25) is 0 Å². The zero-order valence-electron chi connectivity index (χ0n) is 16.0. The monoisotopic (exact) mass is 411 g/mol. The fourth-order valence-electron chi connectivity index (χ4n) is 3.02. The van der Waals surface area contributed by atoms with Crippen molar-refractivity contribution in [1.29, 1.82) is 0 Å². The second-order valence-electron chi connectivity index (χ2n) is 6.92. The summed E-state index contributed by atoms with van der Waals surface area (Å²) in [6.07, 6.45) is 9.94. The van der Waals surface area contributed by atoms with E-state index in [9.17, 15) is 13.2 Å². The zero-order chi connectivity index (χ0) is 19.7. The van der Waals surface area contributed by atoms with E-state index < -0.39 is 22.0 Å². The Labute approximate surface area is 166 Å². The number of aryl methyl sites for hydroxylation is 1. The number of nitrogens with zero attached hydrogens (tertiary/aromatic N) is 1. The number of amides is 1. The maximum Gasteiger partial charge on any atom is 0.258 e. The largest absolute Gasteiger partial charge is 0.271 e. The number of carbonyl (C=O) groups excluding carboxylic acids is 1. The molecule has 0 spiro atoms. The number of thioether (sulfide) groups is 1. The molecule has 0 heterocycles. The molecular weight excluding hydrogens is 382 g/mol. The molecule has 0 radical (unpaired) electrons. The predicted octanol–water partition coefficient (Wildman–Crippen LogP) is 3.08. The number of rotatable bonds is 9. The van der Waals surface area contributed by atoms with Gasteiger partial charge in [-0.05, 0) is 56.2 Å². The number of benzene rings is 1. The molecule has 150 valence electrons. The van der Waals surface area contributed by atoms with E-state index >= 15 is 0 Å². The summed E-state index contributed by atoms with van der Waals surface area (Å²) in [4.78, 5) is 12.6. The van der Waals surface area contributed by atoms with Gasteiger partial charge in [-0.3, -0.25) is 4.79 Å². The van der Waals surface area contributed by atoms with Crippen molar-refractivity contribution in [3.8, 4) is 0 Å². The third kappa shape index (κ3) is 7.27. The van der Waals surface area contributed by atoms with Crippen LogP contribution in [0, 0.1) is 12.8 Å². The minimum absolute atomic E-state index is 0.153. The van der Waals surface area contributed by atoms with Crippen LogP contribution in [0.4, 0.5) is 0 Å². The number of hydrazone groups is 1. The highest BCUT2D eigenvalue weighted by molar-refractivity contribution is 7.98. The number of hydrogen-bond acceptors (Lipinski definition) is 5. The van der Waals surface area contributed by atoms with Crippen molar-refractivity contribution >= 4 is 33.9 Å². The van der Waals surface area contributed by atoms with Gasteiger partial charge < -0.3 is 0 Å². The fraction of sp³-hybridized carbons (Fsp3) is 0.579. The summed E-state index contributed by atoms with van der Waals surface area (Å²) >= 11 is 1.56. The first-order valence-corrected chi connectivity index (χ1v) is 12.2. The van der Waals surface area contributed by atoms with Gasteiger partial charge in [-0.2, -0.15) is 21.6 Å². The molecule has 0 aromatic heterocycles. The first-order valence-electron chi connectivity index (χ1n) is 9.33. The molecule has 6 nitrogen and oxygen atoms in total. The molecule has 2 N–H and O–H groups in total. The van der Waals surface area contributed by atoms with Gasteiger partial charge in [-0.25, -0.2) is 13.8 Å². The molecule has 1 aliphatic carbocycles. The van der Waals surface area contributed by atoms with Crippen LogP contribution in [0.25, 0.3) is 0 Å². The molecule has 0 saturated heterocycles. The van der Waals surface area contributed by atoms with Crippen molar-refractivity contribution in [3.63, 3.8) is 0 Å². The number of hydrogen-bond donors (Lipinski definition) is 2. The molecule has 1 saturated carbocycles. The Morgan fingerprint density at radius 1 is 1.26 bits per heavy atom. The molecule has 1 fully saturated rings. The molecule has 1 aliphatic rings. The van der Waals surface area contributed by atoms with Crippen LogP contribution in [0.5, 0.6) is 0 Å². The molecule has 8 heteroatoms. The van der Waals surface area contributed by atoms with E-state index in [1.165, 1.54) is 19.3 Å². The summed E-state index contributed by atoms with van der Waals surface area (Å²) in [5.41, 5.74) is 3.49. The lowest BCUT2D eigenvalue weighted by Crippen LogP contribution is -2.45. The topological polar surface area (TPSA) is 87.6 Å². The zero-order valence-corrected chi connectivity index (χ0v) is 17.6. The van der Waals surface area contributed by atoms with E-state index in [1.54, 1.807) is 42.2 Å². The third-order valence-electron chi connectivity index (χ3n) is 4.67. The van der Waals surface area contributed by atoms with E-state index in [0.29, 0.717) is 18.1 Å². The van der Waals surface area contributed by atoms with Crippen LogP contribution in [0.15, 0.2) is 34.3 Å². The van der Waals surface area contributed by atoms with Gasteiger partial charge in [0.15, 0.2) is 0 Å². The van der Waals surface area contributed by atoms with E-state index in [-0.39, 0.29) is 4.90 Å². The molecule has 0 unspecified atom stereocenters. The third-order valence-corrected chi connectivity index (χ3v) is 6.80. The molecule has 1 aromatic carbocycles. The summed E-state index contributed by atoms with van der Waals surface area (Å²) in [5, 5.41) is 4.07. The van der Waals surface area contributed by atoms with Gasteiger partial charge in [-0.15, -0.1) is 0 Å². The number of nitrogens with one attached hydrogen (secondary N) is 2. The van der Waals surface area contributed by atoms with E-state index in [4.69, 9.17) is 0 Å². The van der Waals surface area contributed by atoms with Crippen molar-refractivity contribution in [2.75, 3.05) is 12.0 Å². The van der Waals surface area contributed by atoms with Crippen molar-refractivity contribution in [2.24, 2.45) is 11.0 Å². The van der Waals surface area contributed by atoms with Gasteiger partial charge in [0.05, 0.1) is 4.90 Å². The second kappa shape index (κ2) is 10.8. The van der Waals surface area contributed by atoms with Crippen LogP contribution in [-0.2, 0) is 14.8 Å². The quantitative estimate of drug-likeness (QED) is 0.483. The average molecular weight is 412 g/mol. The highest BCUT2D eigenvalue weighted by atomic mass is 32.2. The minimum Gasteiger partial charge on any atom is -0.271 e. The van der Waals surface area contributed by atoms with Crippen LogP contribution >= 0.6 is 11.8 Å². The van der Waals surface area contributed by atoms with Crippen LogP contribution < -0.4 is 10.1 Å². The Morgan fingerprint density at radius 3 is 2.56 bits per heavy atom. The highest BCUT2D eigenvalue weighted by Gasteiger charge is 2.25. The number of sulfonamides is 1. The van der Waals surface area contributed by atoms with Crippen molar-refractivity contribution in [2.45, 2.75) is 56.4 Å². The van der Waals surface area contributed by atoms with Crippen molar-refractivity contribution in [1.82, 2.24) is 10.1 Å². The minimum atomic E-state index is -3.77. The van der Waals surface area contributed by atoms with Crippen molar-refractivity contribution < 1.29 is 13.2 Å². The lowest BCUT2D eigenvalue weighted by atomic mass is 9.90. The molecular formula is C19H29N3O3S2. The summed E-state index contributed by atoms with van der Waals surface area (Å²) in [6, 6.07) is 5.71. The van der Waals surface area contributed by atoms with Gasteiger partial charge in [0.2, 0.25) is 10.0 Å². The predicted molar refractivity (Wildman–Crippen MR) is 111 cm³/mol. The Bertz CT molecular complexity index is 727. The van der Waals surface area contributed by atoms with Crippen LogP contribution in [0.3, 0.4) is 0 Å².